The molecule has 0 radical (unpaired) electrons. The molecule has 2 aromatic rings. The summed E-state index contributed by atoms with van der Waals surface area (Å²) in [5.41, 5.74) is 0.720. The Bertz CT molecular complexity index is 610. The molecule has 0 spiro atoms. The number of unbranched alkanes of at least 4 members (excludes halogenated alkanes) is 1. The number of methoxy groups -OCH3 is 1. The SMILES string of the molecule is CCCCN(C)C(=O)c1nnc(-c2cccc(OC)c2)o1. The van der Waals surface area contributed by atoms with Crippen LogP contribution in [0, 0.1) is 0 Å². The van der Waals surface area contributed by atoms with Crippen molar-refractivity contribution in [2.45, 2.75) is 19.8 Å². The Kier molecular flexibility index (Phi) is 4.92. The number of benzene rings is 1. The number of aromatic nitrogens is 2. The Morgan fingerprint density at radius 3 is 2.90 bits per heavy atom. The largest absolute Gasteiger partial charge is 0.497 e. The third-order valence-electron chi connectivity index (χ3n) is 3.12. The number of nitrogens with zero attached hydrogens (tertiary/aromatic N) is 3. The molecule has 0 aliphatic carbocycles. The first-order valence-corrected chi connectivity index (χ1v) is 6.89. The van der Waals surface area contributed by atoms with Crippen LogP contribution in [0.15, 0.2) is 28.7 Å². The van der Waals surface area contributed by atoms with Crippen molar-refractivity contribution >= 4 is 5.91 Å². The Labute approximate surface area is 123 Å². The van der Waals surface area contributed by atoms with Gasteiger partial charge in [0.15, 0.2) is 0 Å². The average molecular weight is 289 g/mol. The third kappa shape index (κ3) is 3.59. The molecule has 21 heavy (non-hydrogen) atoms. The van der Waals surface area contributed by atoms with E-state index in [2.05, 4.69) is 17.1 Å². The Morgan fingerprint density at radius 1 is 1.38 bits per heavy atom. The average Bonchev–Trinajstić information content (AvgIpc) is 3.01. The van der Waals surface area contributed by atoms with E-state index in [1.165, 1.54) is 0 Å². The highest BCUT2D eigenvalue weighted by Crippen LogP contribution is 2.22. The molecule has 6 heteroatoms. The summed E-state index contributed by atoms with van der Waals surface area (Å²) >= 11 is 0. The van der Waals surface area contributed by atoms with Gasteiger partial charge in [0, 0.05) is 19.2 Å². The van der Waals surface area contributed by atoms with Gasteiger partial charge in [0.05, 0.1) is 7.11 Å². The molecule has 0 bridgehead atoms. The fourth-order valence-electron chi connectivity index (χ4n) is 1.84. The maximum atomic E-state index is 12.1. The zero-order valence-electron chi connectivity index (χ0n) is 12.5. The van der Waals surface area contributed by atoms with E-state index in [-0.39, 0.29) is 11.8 Å². The molecule has 1 amide bonds. The van der Waals surface area contributed by atoms with Gasteiger partial charge in [-0.25, -0.2) is 0 Å². The number of ether oxygens (including phenoxy) is 1. The fourth-order valence-corrected chi connectivity index (χ4v) is 1.84. The lowest BCUT2D eigenvalue weighted by atomic mass is 10.2. The number of carbonyl (C=O) groups excluding carboxylic acids is 1. The topological polar surface area (TPSA) is 68.5 Å². The molecule has 112 valence electrons. The molecule has 0 aliphatic rings. The normalized spacial score (nSPS) is 10.4. The number of hydrogen-bond donors (Lipinski definition) is 0. The molecule has 1 heterocycles. The molecule has 0 N–H and O–H groups in total. The first-order valence-electron chi connectivity index (χ1n) is 6.89. The van der Waals surface area contributed by atoms with E-state index in [1.807, 2.05) is 18.2 Å². The molecule has 0 atom stereocenters. The highest BCUT2D eigenvalue weighted by atomic mass is 16.5. The van der Waals surface area contributed by atoms with Crippen molar-refractivity contribution in [2.24, 2.45) is 0 Å². The van der Waals surface area contributed by atoms with Gasteiger partial charge in [0.25, 0.3) is 0 Å². The predicted octanol–water partition coefficient (Wildman–Crippen LogP) is 2.62. The van der Waals surface area contributed by atoms with Gasteiger partial charge in [-0.15, -0.1) is 10.2 Å². The lowest BCUT2D eigenvalue weighted by molar-refractivity contribution is 0.0754. The van der Waals surface area contributed by atoms with E-state index < -0.39 is 0 Å². The molecule has 0 saturated carbocycles. The Hall–Kier alpha value is -2.37. The molecular weight excluding hydrogens is 270 g/mol. The van der Waals surface area contributed by atoms with Crippen molar-refractivity contribution in [3.63, 3.8) is 0 Å². The molecule has 0 unspecified atom stereocenters. The number of carbonyl (C=O) groups is 1. The quantitative estimate of drug-likeness (QED) is 0.817. The molecule has 0 saturated heterocycles. The highest BCUT2D eigenvalue weighted by Gasteiger charge is 2.19. The summed E-state index contributed by atoms with van der Waals surface area (Å²) in [6, 6.07) is 7.26. The van der Waals surface area contributed by atoms with E-state index in [0.29, 0.717) is 18.2 Å². The van der Waals surface area contributed by atoms with Crippen LogP contribution in [-0.4, -0.2) is 41.7 Å². The van der Waals surface area contributed by atoms with Gasteiger partial charge in [0.2, 0.25) is 5.89 Å². The summed E-state index contributed by atoms with van der Waals surface area (Å²) in [5.74, 6) is 0.747. The summed E-state index contributed by atoms with van der Waals surface area (Å²) in [5, 5.41) is 7.75. The summed E-state index contributed by atoms with van der Waals surface area (Å²) < 4.78 is 10.6. The van der Waals surface area contributed by atoms with Crippen molar-refractivity contribution in [2.75, 3.05) is 20.7 Å². The second-order valence-corrected chi connectivity index (χ2v) is 4.72. The van der Waals surface area contributed by atoms with Gasteiger partial charge >= 0.3 is 11.8 Å². The van der Waals surface area contributed by atoms with E-state index in [9.17, 15) is 4.79 Å². The van der Waals surface area contributed by atoms with Crippen molar-refractivity contribution in [3.05, 3.63) is 30.2 Å². The minimum Gasteiger partial charge on any atom is -0.497 e. The standard InChI is InChI=1S/C15H19N3O3/c1-4-5-9-18(2)15(19)14-17-16-13(21-14)11-7-6-8-12(10-11)20-3/h6-8,10H,4-5,9H2,1-3H3. The third-order valence-corrected chi connectivity index (χ3v) is 3.12. The Balaban J connectivity index is 2.15. The van der Waals surface area contributed by atoms with E-state index in [4.69, 9.17) is 9.15 Å². The molecule has 1 aromatic carbocycles. The Morgan fingerprint density at radius 2 is 2.19 bits per heavy atom. The number of rotatable bonds is 6. The van der Waals surface area contributed by atoms with Crippen molar-refractivity contribution < 1.29 is 13.9 Å². The van der Waals surface area contributed by atoms with Gasteiger partial charge in [-0.3, -0.25) is 4.79 Å². The summed E-state index contributed by atoms with van der Waals surface area (Å²) in [6.07, 6.45) is 1.97. The van der Waals surface area contributed by atoms with Gasteiger partial charge in [0.1, 0.15) is 5.75 Å². The van der Waals surface area contributed by atoms with Crippen LogP contribution in [0.25, 0.3) is 11.5 Å². The molecule has 2 rings (SSSR count). The second kappa shape index (κ2) is 6.88. The molecule has 1 aromatic heterocycles. The lowest BCUT2D eigenvalue weighted by Gasteiger charge is -2.13. The van der Waals surface area contributed by atoms with Crippen LogP contribution in [0.4, 0.5) is 0 Å². The van der Waals surface area contributed by atoms with E-state index >= 15 is 0 Å². The van der Waals surface area contributed by atoms with Gasteiger partial charge in [-0.05, 0) is 24.6 Å². The smallest absolute Gasteiger partial charge is 0.311 e. The second-order valence-electron chi connectivity index (χ2n) is 4.72. The van der Waals surface area contributed by atoms with Gasteiger partial charge < -0.3 is 14.1 Å². The zero-order valence-corrected chi connectivity index (χ0v) is 12.5. The van der Waals surface area contributed by atoms with Crippen molar-refractivity contribution in [3.8, 4) is 17.2 Å². The van der Waals surface area contributed by atoms with Crippen molar-refractivity contribution in [1.82, 2.24) is 15.1 Å². The van der Waals surface area contributed by atoms with Crippen LogP contribution >= 0.6 is 0 Å². The maximum absolute atomic E-state index is 12.1. The summed E-state index contributed by atoms with van der Waals surface area (Å²) in [7, 11) is 3.32. The molecule has 0 aliphatic heterocycles. The molecule has 0 fully saturated rings. The summed E-state index contributed by atoms with van der Waals surface area (Å²) in [6.45, 7) is 2.75. The van der Waals surface area contributed by atoms with Crippen LogP contribution < -0.4 is 4.74 Å². The van der Waals surface area contributed by atoms with Crippen LogP contribution in [-0.2, 0) is 0 Å². The maximum Gasteiger partial charge on any atom is 0.311 e. The molecule has 6 nitrogen and oxygen atoms in total. The van der Waals surface area contributed by atoms with Crippen molar-refractivity contribution in [1.29, 1.82) is 0 Å². The van der Waals surface area contributed by atoms with Gasteiger partial charge in [-0.2, -0.15) is 0 Å². The summed E-state index contributed by atoms with van der Waals surface area (Å²) in [4.78, 5) is 13.7. The fraction of sp³-hybridized carbons (Fsp3) is 0.400. The first kappa shape index (κ1) is 15.0. The molecular formula is C15H19N3O3. The highest BCUT2D eigenvalue weighted by molar-refractivity contribution is 5.89. The lowest BCUT2D eigenvalue weighted by Crippen LogP contribution is -2.27. The minimum absolute atomic E-state index is 0.00595. The van der Waals surface area contributed by atoms with E-state index in [0.717, 1.165) is 18.4 Å². The van der Waals surface area contributed by atoms with Gasteiger partial charge in [-0.1, -0.05) is 19.4 Å². The van der Waals surface area contributed by atoms with Crippen LogP contribution in [0.5, 0.6) is 5.75 Å². The predicted molar refractivity (Wildman–Crippen MR) is 78.2 cm³/mol. The monoisotopic (exact) mass is 289 g/mol. The van der Waals surface area contributed by atoms with Crippen LogP contribution in [0.3, 0.4) is 0 Å². The zero-order chi connectivity index (χ0) is 15.2. The number of hydrogen-bond acceptors (Lipinski definition) is 5. The number of amides is 1. The van der Waals surface area contributed by atoms with Crippen LogP contribution in [0.1, 0.15) is 30.5 Å². The minimum atomic E-state index is -0.259. The first-order chi connectivity index (χ1) is 10.2. The van der Waals surface area contributed by atoms with Crippen LogP contribution in [0.2, 0.25) is 0 Å². The van der Waals surface area contributed by atoms with E-state index in [1.54, 1.807) is 25.1 Å².